The number of aromatic nitrogens is 1. The van der Waals surface area contributed by atoms with Crippen LogP contribution in [0.2, 0.25) is 0 Å². The SMILES string of the molecule is CN1CCN(CCNC(=O)CCCc2cn(C)c3ccccc23)CC1. The lowest BCUT2D eigenvalue weighted by molar-refractivity contribution is -0.121. The number of rotatable bonds is 7. The summed E-state index contributed by atoms with van der Waals surface area (Å²) in [5.74, 6) is 0.175. The summed E-state index contributed by atoms with van der Waals surface area (Å²) in [6.07, 6.45) is 4.64. The highest BCUT2D eigenvalue weighted by Gasteiger charge is 2.13. The molecule has 1 aromatic heterocycles. The van der Waals surface area contributed by atoms with Crippen LogP contribution in [-0.4, -0.2) is 66.6 Å². The maximum atomic E-state index is 12.1. The average molecular weight is 342 g/mol. The van der Waals surface area contributed by atoms with E-state index in [2.05, 4.69) is 64.2 Å². The van der Waals surface area contributed by atoms with Crippen molar-refractivity contribution in [3.8, 4) is 0 Å². The van der Waals surface area contributed by atoms with Crippen LogP contribution < -0.4 is 5.32 Å². The lowest BCUT2D eigenvalue weighted by Gasteiger charge is -2.32. The molecule has 0 unspecified atom stereocenters. The lowest BCUT2D eigenvalue weighted by Crippen LogP contribution is -2.46. The number of likely N-dealkylation sites (N-methyl/N-ethyl adjacent to an activating group) is 1. The van der Waals surface area contributed by atoms with E-state index in [1.807, 2.05) is 0 Å². The first-order valence-electron chi connectivity index (χ1n) is 9.34. The van der Waals surface area contributed by atoms with Crippen LogP contribution in [0.3, 0.4) is 0 Å². The molecule has 0 atom stereocenters. The molecule has 5 nitrogen and oxygen atoms in total. The van der Waals surface area contributed by atoms with E-state index < -0.39 is 0 Å². The number of carbonyl (C=O) groups excluding carboxylic acids is 1. The maximum absolute atomic E-state index is 12.1. The van der Waals surface area contributed by atoms with Gasteiger partial charge in [0.1, 0.15) is 0 Å². The van der Waals surface area contributed by atoms with Gasteiger partial charge in [-0.05, 0) is 31.5 Å². The first kappa shape index (κ1) is 18.0. The van der Waals surface area contributed by atoms with Crippen molar-refractivity contribution < 1.29 is 4.79 Å². The quantitative estimate of drug-likeness (QED) is 0.835. The van der Waals surface area contributed by atoms with Gasteiger partial charge in [0.15, 0.2) is 0 Å². The summed E-state index contributed by atoms with van der Waals surface area (Å²) in [4.78, 5) is 16.8. The fourth-order valence-electron chi connectivity index (χ4n) is 3.58. The van der Waals surface area contributed by atoms with Crippen molar-refractivity contribution in [2.24, 2.45) is 7.05 Å². The van der Waals surface area contributed by atoms with Crippen molar-refractivity contribution in [2.45, 2.75) is 19.3 Å². The van der Waals surface area contributed by atoms with Crippen molar-refractivity contribution in [3.05, 3.63) is 36.0 Å². The Hall–Kier alpha value is -1.85. The van der Waals surface area contributed by atoms with E-state index in [1.165, 1.54) is 16.5 Å². The highest BCUT2D eigenvalue weighted by Crippen LogP contribution is 2.21. The largest absolute Gasteiger partial charge is 0.355 e. The van der Waals surface area contributed by atoms with Crippen LogP contribution in [0.25, 0.3) is 10.9 Å². The van der Waals surface area contributed by atoms with E-state index in [1.54, 1.807) is 0 Å². The van der Waals surface area contributed by atoms with Crippen LogP contribution in [0.15, 0.2) is 30.5 Å². The summed E-state index contributed by atoms with van der Waals surface area (Å²) in [5, 5.41) is 4.38. The number of hydrogen-bond donors (Lipinski definition) is 1. The van der Waals surface area contributed by atoms with Gasteiger partial charge in [-0.3, -0.25) is 9.69 Å². The molecule has 1 N–H and O–H groups in total. The minimum absolute atomic E-state index is 0.175. The molecule has 0 bridgehead atoms. The summed E-state index contributed by atoms with van der Waals surface area (Å²) in [7, 11) is 4.24. The third kappa shape index (κ3) is 4.83. The number of carbonyl (C=O) groups is 1. The molecule has 0 spiro atoms. The number of piperazine rings is 1. The van der Waals surface area contributed by atoms with Gasteiger partial charge in [0.2, 0.25) is 5.91 Å². The zero-order valence-corrected chi connectivity index (χ0v) is 15.5. The Morgan fingerprint density at radius 3 is 2.68 bits per heavy atom. The number of hydrogen-bond acceptors (Lipinski definition) is 3. The zero-order chi connectivity index (χ0) is 17.6. The van der Waals surface area contributed by atoms with Gasteiger partial charge in [-0.2, -0.15) is 0 Å². The van der Waals surface area contributed by atoms with Crippen LogP contribution in [-0.2, 0) is 18.3 Å². The number of amides is 1. The molecule has 1 aromatic carbocycles. The molecule has 1 aliphatic rings. The predicted molar refractivity (Wildman–Crippen MR) is 103 cm³/mol. The van der Waals surface area contributed by atoms with Crippen molar-refractivity contribution in [1.29, 1.82) is 0 Å². The van der Waals surface area contributed by atoms with E-state index in [9.17, 15) is 4.79 Å². The molecule has 1 aliphatic heterocycles. The zero-order valence-electron chi connectivity index (χ0n) is 15.5. The van der Waals surface area contributed by atoms with Crippen LogP contribution in [0.4, 0.5) is 0 Å². The molecule has 0 saturated carbocycles. The normalized spacial score (nSPS) is 16.4. The first-order valence-corrected chi connectivity index (χ1v) is 9.34. The molecule has 5 heteroatoms. The van der Waals surface area contributed by atoms with Gasteiger partial charge in [-0.15, -0.1) is 0 Å². The molecule has 136 valence electrons. The number of nitrogens with one attached hydrogen (secondary N) is 1. The number of nitrogens with zero attached hydrogens (tertiary/aromatic N) is 3. The van der Waals surface area contributed by atoms with E-state index in [4.69, 9.17) is 0 Å². The number of fused-ring (bicyclic) bond motifs is 1. The second kappa shape index (κ2) is 8.50. The Balaban J connectivity index is 1.36. The van der Waals surface area contributed by atoms with Gasteiger partial charge in [0.25, 0.3) is 0 Å². The molecule has 1 saturated heterocycles. The molecule has 3 rings (SSSR count). The number of para-hydroxylation sites is 1. The highest BCUT2D eigenvalue weighted by atomic mass is 16.1. The molecular formula is C20H30N4O. The Kier molecular flexibility index (Phi) is 6.10. The van der Waals surface area contributed by atoms with Crippen LogP contribution >= 0.6 is 0 Å². The van der Waals surface area contributed by atoms with Crippen molar-refractivity contribution in [2.75, 3.05) is 46.3 Å². The van der Waals surface area contributed by atoms with Crippen LogP contribution in [0.5, 0.6) is 0 Å². The molecule has 2 heterocycles. The fourth-order valence-corrected chi connectivity index (χ4v) is 3.58. The molecular weight excluding hydrogens is 312 g/mol. The summed E-state index contributed by atoms with van der Waals surface area (Å²) in [5.41, 5.74) is 2.59. The highest BCUT2D eigenvalue weighted by molar-refractivity contribution is 5.84. The molecule has 2 aromatic rings. The Morgan fingerprint density at radius 2 is 1.88 bits per heavy atom. The van der Waals surface area contributed by atoms with Gasteiger partial charge >= 0.3 is 0 Å². The number of aryl methyl sites for hydroxylation is 2. The van der Waals surface area contributed by atoms with E-state index in [0.29, 0.717) is 6.42 Å². The molecule has 1 amide bonds. The summed E-state index contributed by atoms with van der Waals surface area (Å²) in [6.45, 7) is 6.18. The molecule has 1 fully saturated rings. The van der Waals surface area contributed by atoms with Crippen LogP contribution in [0, 0.1) is 0 Å². The third-order valence-electron chi connectivity index (χ3n) is 5.18. The van der Waals surface area contributed by atoms with Gasteiger partial charge < -0.3 is 14.8 Å². The smallest absolute Gasteiger partial charge is 0.220 e. The second-order valence-electron chi connectivity index (χ2n) is 7.13. The maximum Gasteiger partial charge on any atom is 0.220 e. The van der Waals surface area contributed by atoms with Crippen molar-refractivity contribution in [3.63, 3.8) is 0 Å². The Labute approximate surface area is 150 Å². The van der Waals surface area contributed by atoms with Crippen molar-refractivity contribution >= 4 is 16.8 Å². The first-order chi connectivity index (χ1) is 12.1. The Morgan fingerprint density at radius 1 is 1.12 bits per heavy atom. The summed E-state index contributed by atoms with van der Waals surface area (Å²) < 4.78 is 2.17. The monoisotopic (exact) mass is 342 g/mol. The molecule has 0 radical (unpaired) electrons. The van der Waals surface area contributed by atoms with E-state index >= 15 is 0 Å². The lowest BCUT2D eigenvalue weighted by atomic mass is 10.1. The number of benzene rings is 1. The fraction of sp³-hybridized carbons (Fsp3) is 0.550. The third-order valence-corrected chi connectivity index (χ3v) is 5.18. The van der Waals surface area contributed by atoms with Crippen molar-refractivity contribution in [1.82, 2.24) is 19.7 Å². The minimum Gasteiger partial charge on any atom is -0.355 e. The van der Waals surface area contributed by atoms with Gasteiger partial charge in [-0.25, -0.2) is 0 Å². The van der Waals surface area contributed by atoms with E-state index in [-0.39, 0.29) is 5.91 Å². The molecule has 0 aliphatic carbocycles. The minimum atomic E-state index is 0.175. The molecule has 25 heavy (non-hydrogen) atoms. The van der Waals surface area contributed by atoms with Gasteiger partial charge in [0.05, 0.1) is 0 Å². The van der Waals surface area contributed by atoms with Gasteiger partial charge in [0, 0.05) is 69.8 Å². The predicted octanol–water partition coefficient (Wildman–Crippen LogP) is 1.86. The topological polar surface area (TPSA) is 40.5 Å². The standard InChI is InChI=1S/C20H30N4O/c1-22-12-14-24(15-13-22)11-10-21-20(25)9-5-6-17-16-23(2)19-8-4-3-7-18(17)19/h3-4,7-8,16H,5-6,9-15H2,1-2H3,(H,21,25). The van der Waals surface area contributed by atoms with E-state index in [0.717, 1.165) is 52.1 Å². The summed E-state index contributed by atoms with van der Waals surface area (Å²) in [6, 6.07) is 8.46. The van der Waals surface area contributed by atoms with Gasteiger partial charge in [-0.1, -0.05) is 18.2 Å². The summed E-state index contributed by atoms with van der Waals surface area (Å²) >= 11 is 0. The average Bonchev–Trinajstić information content (AvgIpc) is 2.93. The second-order valence-corrected chi connectivity index (χ2v) is 7.13. The van der Waals surface area contributed by atoms with Crippen LogP contribution in [0.1, 0.15) is 18.4 Å². The Bertz CT molecular complexity index is 701.